The number of carbonyl (C=O) groups is 2. The van der Waals surface area contributed by atoms with Gasteiger partial charge in [0, 0.05) is 19.0 Å². The van der Waals surface area contributed by atoms with E-state index in [9.17, 15) is 9.59 Å². The molecule has 4 nitrogen and oxygen atoms in total. The average Bonchev–Trinajstić information content (AvgIpc) is 2.72. The highest BCUT2D eigenvalue weighted by Gasteiger charge is 2.28. The molecule has 0 heterocycles. The lowest BCUT2D eigenvalue weighted by atomic mass is 10.00. The molecule has 30 heavy (non-hydrogen) atoms. The van der Waals surface area contributed by atoms with Gasteiger partial charge in [-0.25, -0.2) is 0 Å². The number of hydrogen-bond donors (Lipinski definition) is 1. The van der Waals surface area contributed by atoms with E-state index in [0.717, 1.165) is 11.1 Å². The van der Waals surface area contributed by atoms with E-state index in [1.165, 1.54) is 5.56 Å². The fourth-order valence-corrected chi connectivity index (χ4v) is 3.54. The van der Waals surface area contributed by atoms with Crippen LogP contribution < -0.4 is 5.32 Å². The van der Waals surface area contributed by atoms with Gasteiger partial charge in [-0.05, 0) is 49.3 Å². The molecule has 2 amide bonds. The molecule has 1 atom stereocenters. The summed E-state index contributed by atoms with van der Waals surface area (Å²) in [6.07, 6.45) is 1.64. The number of carbonyl (C=O) groups excluding carboxylic acids is 2. The SMILES string of the molecule is CC[C@H](C(=O)NC(C)C)N(Cc1ccccc1)C(=O)CCc1ccc(C(C)C)cc1. The van der Waals surface area contributed by atoms with Crippen molar-refractivity contribution in [2.24, 2.45) is 0 Å². The molecule has 2 aromatic rings. The van der Waals surface area contributed by atoms with Gasteiger partial charge >= 0.3 is 0 Å². The van der Waals surface area contributed by atoms with Gasteiger partial charge < -0.3 is 10.2 Å². The van der Waals surface area contributed by atoms with Gasteiger partial charge in [0.1, 0.15) is 6.04 Å². The summed E-state index contributed by atoms with van der Waals surface area (Å²) in [7, 11) is 0. The molecule has 0 bridgehead atoms. The Kier molecular flexibility index (Phi) is 9.10. The summed E-state index contributed by atoms with van der Waals surface area (Å²) >= 11 is 0. The second-order valence-corrected chi connectivity index (χ2v) is 8.49. The van der Waals surface area contributed by atoms with Crippen LogP contribution in [0, 0.1) is 0 Å². The Bertz CT molecular complexity index is 798. The third-order valence-corrected chi connectivity index (χ3v) is 5.29. The minimum atomic E-state index is -0.469. The summed E-state index contributed by atoms with van der Waals surface area (Å²) in [5, 5.41) is 2.97. The van der Waals surface area contributed by atoms with Gasteiger partial charge in [0.25, 0.3) is 0 Å². The summed E-state index contributed by atoms with van der Waals surface area (Å²) in [5.74, 6) is 0.419. The predicted molar refractivity (Wildman–Crippen MR) is 123 cm³/mol. The van der Waals surface area contributed by atoms with Crippen molar-refractivity contribution in [1.82, 2.24) is 10.2 Å². The molecule has 4 heteroatoms. The quantitative estimate of drug-likeness (QED) is 0.596. The third kappa shape index (κ3) is 7.01. The summed E-state index contributed by atoms with van der Waals surface area (Å²) in [6.45, 7) is 10.6. The lowest BCUT2D eigenvalue weighted by molar-refractivity contribution is -0.141. The number of aryl methyl sites for hydroxylation is 1. The zero-order valence-electron chi connectivity index (χ0n) is 19.0. The first-order chi connectivity index (χ1) is 14.3. The molecule has 0 saturated heterocycles. The first-order valence-corrected chi connectivity index (χ1v) is 11.0. The number of amides is 2. The zero-order valence-corrected chi connectivity index (χ0v) is 19.0. The Labute approximate surface area is 181 Å². The van der Waals surface area contributed by atoms with Crippen LogP contribution in [0.4, 0.5) is 0 Å². The number of hydrogen-bond acceptors (Lipinski definition) is 2. The molecule has 162 valence electrons. The minimum Gasteiger partial charge on any atom is -0.352 e. The van der Waals surface area contributed by atoms with Gasteiger partial charge in [-0.15, -0.1) is 0 Å². The van der Waals surface area contributed by atoms with Crippen LogP contribution >= 0.6 is 0 Å². The topological polar surface area (TPSA) is 49.4 Å². The van der Waals surface area contributed by atoms with E-state index in [1.807, 2.05) is 51.1 Å². The van der Waals surface area contributed by atoms with Crippen molar-refractivity contribution in [3.8, 4) is 0 Å². The molecule has 1 N–H and O–H groups in total. The van der Waals surface area contributed by atoms with Crippen molar-refractivity contribution >= 4 is 11.8 Å². The second kappa shape index (κ2) is 11.5. The number of rotatable bonds is 10. The summed E-state index contributed by atoms with van der Waals surface area (Å²) in [4.78, 5) is 27.8. The molecular formula is C26H36N2O2. The first kappa shape index (κ1) is 23.7. The first-order valence-electron chi connectivity index (χ1n) is 11.0. The van der Waals surface area contributed by atoms with Gasteiger partial charge in [-0.1, -0.05) is 75.4 Å². The van der Waals surface area contributed by atoms with E-state index in [1.54, 1.807) is 4.90 Å². The number of benzene rings is 2. The molecule has 0 radical (unpaired) electrons. The van der Waals surface area contributed by atoms with Gasteiger partial charge in [-0.2, -0.15) is 0 Å². The van der Waals surface area contributed by atoms with Gasteiger partial charge in [0.2, 0.25) is 11.8 Å². The molecule has 0 aliphatic heterocycles. The van der Waals surface area contributed by atoms with E-state index in [0.29, 0.717) is 31.7 Å². The van der Waals surface area contributed by atoms with Crippen molar-refractivity contribution in [2.45, 2.75) is 78.4 Å². The zero-order chi connectivity index (χ0) is 22.1. The number of nitrogens with zero attached hydrogens (tertiary/aromatic N) is 1. The highest BCUT2D eigenvalue weighted by Crippen LogP contribution is 2.18. The van der Waals surface area contributed by atoms with E-state index in [2.05, 4.69) is 43.4 Å². The van der Waals surface area contributed by atoms with Crippen LogP contribution in [0.25, 0.3) is 0 Å². The van der Waals surface area contributed by atoms with E-state index in [-0.39, 0.29) is 17.9 Å². The average molecular weight is 409 g/mol. The van der Waals surface area contributed by atoms with Crippen LogP contribution in [0.5, 0.6) is 0 Å². The van der Waals surface area contributed by atoms with Crippen LogP contribution in [-0.2, 0) is 22.6 Å². The van der Waals surface area contributed by atoms with Crippen LogP contribution in [0.1, 0.15) is 70.1 Å². The Balaban J connectivity index is 2.15. The Morgan fingerprint density at radius 3 is 2.07 bits per heavy atom. The van der Waals surface area contributed by atoms with Crippen molar-refractivity contribution in [1.29, 1.82) is 0 Å². The highest BCUT2D eigenvalue weighted by atomic mass is 16.2. The normalized spacial score (nSPS) is 12.1. The summed E-state index contributed by atoms with van der Waals surface area (Å²) in [5.41, 5.74) is 3.47. The van der Waals surface area contributed by atoms with E-state index >= 15 is 0 Å². The summed E-state index contributed by atoms with van der Waals surface area (Å²) in [6, 6.07) is 17.9. The Morgan fingerprint density at radius 1 is 0.900 bits per heavy atom. The maximum Gasteiger partial charge on any atom is 0.243 e. The molecule has 0 aromatic heterocycles. The van der Waals surface area contributed by atoms with Crippen molar-refractivity contribution in [3.05, 3.63) is 71.3 Å². The molecular weight excluding hydrogens is 372 g/mol. The molecule has 0 fully saturated rings. The highest BCUT2D eigenvalue weighted by molar-refractivity contribution is 5.87. The fourth-order valence-electron chi connectivity index (χ4n) is 3.54. The number of nitrogens with one attached hydrogen (secondary N) is 1. The maximum absolute atomic E-state index is 13.2. The van der Waals surface area contributed by atoms with Crippen molar-refractivity contribution < 1.29 is 9.59 Å². The van der Waals surface area contributed by atoms with Crippen LogP contribution in [0.15, 0.2) is 54.6 Å². The van der Waals surface area contributed by atoms with Crippen molar-refractivity contribution in [2.75, 3.05) is 0 Å². The predicted octanol–water partition coefficient (Wildman–Crippen LogP) is 5.07. The molecule has 0 spiro atoms. The second-order valence-electron chi connectivity index (χ2n) is 8.49. The largest absolute Gasteiger partial charge is 0.352 e. The van der Waals surface area contributed by atoms with Crippen LogP contribution in [0.3, 0.4) is 0 Å². The smallest absolute Gasteiger partial charge is 0.243 e. The minimum absolute atomic E-state index is 0.0116. The Morgan fingerprint density at radius 2 is 1.53 bits per heavy atom. The van der Waals surface area contributed by atoms with Gasteiger partial charge in [0.05, 0.1) is 0 Å². The van der Waals surface area contributed by atoms with Crippen LogP contribution in [-0.4, -0.2) is 28.8 Å². The maximum atomic E-state index is 13.2. The third-order valence-electron chi connectivity index (χ3n) is 5.29. The molecule has 0 saturated carbocycles. The standard InChI is InChI=1S/C26H36N2O2/c1-6-24(26(30)27-20(4)5)28(18-22-10-8-7-9-11-22)25(29)17-14-21-12-15-23(16-13-21)19(2)3/h7-13,15-16,19-20,24H,6,14,17-18H2,1-5H3,(H,27,30)/t24-/m1/s1. The van der Waals surface area contributed by atoms with E-state index < -0.39 is 6.04 Å². The lowest BCUT2D eigenvalue weighted by Crippen LogP contribution is -2.50. The van der Waals surface area contributed by atoms with Gasteiger partial charge in [0.15, 0.2) is 0 Å². The Hall–Kier alpha value is -2.62. The van der Waals surface area contributed by atoms with Crippen molar-refractivity contribution in [3.63, 3.8) is 0 Å². The van der Waals surface area contributed by atoms with Gasteiger partial charge in [-0.3, -0.25) is 9.59 Å². The molecule has 0 aliphatic rings. The summed E-state index contributed by atoms with van der Waals surface area (Å²) < 4.78 is 0. The molecule has 2 rings (SSSR count). The van der Waals surface area contributed by atoms with Crippen LogP contribution in [0.2, 0.25) is 0 Å². The fraction of sp³-hybridized carbons (Fsp3) is 0.462. The molecule has 2 aromatic carbocycles. The lowest BCUT2D eigenvalue weighted by Gasteiger charge is -2.31. The molecule has 0 aliphatic carbocycles. The monoisotopic (exact) mass is 408 g/mol. The molecule has 0 unspecified atom stereocenters. The van der Waals surface area contributed by atoms with E-state index in [4.69, 9.17) is 0 Å².